The van der Waals surface area contributed by atoms with Gasteiger partial charge in [-0.05, 0) is 55.8 Å². The molecule has 0 spiro atoms. The summed E-state index contributed by atoms with van der Waals surface area (Å²) in [4.78, 5) is 31.6. The molecule has 0 aromatic heterocycles. The van der Waals surface area contributed by atoms with E-state index >= 15 is 0 Å². The molecule has 5 aliphatic heterocycles. The molecule has 1 aromatic rings. The maximum absolute atomic E-state index is 13.4. The third kappa shape index (κ3) is 3.52. The van der Waals surface area contributed by atoms with Crippen molar-refractivity contribution in [1.82, 2.24) is 14.7 Å². The molecule has 0 saturated carbocycles. The van der Waals surface area contributed by atoms with Crippen molar-refractivity contribution in [1.29, 1.82) is 0 Å². The van der Waals surface area contributed by atoms with Crippen molar-refractivity contribution in [3.63, 3.8) is 0 Å². The summed E-state index contributed by atoms with van der Waals surface area (Å²) in [6, 6.07) is 8.46. The first kappa shape index (κ1) is 18.9. The topological polar surface area (TPSA) is 53.1 Å². The zero-order chi connectivity index (χ0) is 20.0. The molecule has 0 N–H and O–H groups in total. The molecule has 6 nitrogen and oxygen atoms in total. The second-order valence-electron chi connectivity index (χ2n) is 9.22. The van der Waals surface area contributed by atoms with Crippen molar-refractivity contribution in [2.45, 2.75) is 44.2 Å². The van der Waals surface area contributed by atoms with E-state index in [1.165, 1.54) is 11.1 Å². The molecule has 3 atom stereocenters. The highest BCUT2D eigenvalue weighted by atomic mass is 16.6. The summed E-state index contributed by atoms with van der Waals surface area (Å²) in [7, 11) is 1.87. The molecule has 156 valence electrons. The first-order valence-electron chi connectivity index (χ1n) is 11.1. The molecular formula is C23H31N3O3. The largest absolute Gasteiger partial charge is 0.444 e. The molecule has 5 aliphatic rings. The fourth-order valence-corrected chi connectivity index (χ4v) is 5.86. The van der Waals surface area contributed by atoms with E-state index in [1.54, 1.807) is 0 Å². The van der Waals surface area contributed by atoms with Gasteiger partial charge in [0.25, 0.3) is 0 Å². The zero-order valence-electron chi connectivity index (χ0n) is 17.3. The lowest BCUT2D eigenvalue weighted by Gasteiger charge is -2.47. The van der Waals surface area contributed by atoms with Crippen molar-refractivity contribution < 1.29 is 14.3 Å². The maximum Gasteiger partial charge on any atom is 0.410 e. The van der Waals surface area contributed by atoms with Gasteiger partial charge in [-0.3, -0.25) is 9.69 Å². The Morgan fingerprint density at radius 1 is 1.00 bits per heavy atom. The second kappa shape index (κ2) is 7.63. The molecule has 4 fully saturated rings. The third-order valence-electron chi connectivity index (χ3n) is 7.52. The van der Waals surface area contributed by atoms with E-state index in [0.717, 1.165) is 45.3 Å². The standard InChI is InChI=1S/C23H31N3O3/c1-24-14-18(6-7-21(24)27)22-19-5-3-2-4-16(19)10-13-26(22)23(28)29-20-15-25-11-8-17(20)9-12-25/h2-5,17-18,20,22H,6-15H2,1H3/t18?,20-,22?/m1/s1. The lowest BCUT2D eigenvalue weighted by Crippen LogP contribution is -2.54. The predicted molar refractivity (Wildman–Crippen MR) is 109 cm³/mol. The average molecular weight is 398 g/mol. The first-order valence-corrected chi connectivity index (χ1v) is 11.1. The van der Waals surface area contributed by atoms with Crippen LogP contribution in [0.5, 0.6) is 0 Å². The monoisotopic (exact) mass is 397 g/mol. The Balaban J connectivity index is 1.38. The Morgan fingerprint density at radius 2 is 1.79 bits per heavy atom. The Labute approximate surface area is 172 Å². The van der Waals surface area contributed by atoms with Gasteiger partial charge >= 0.3 is 6.09 Å². The third-order valence-corrected chi connectivity index (χ3v) is 7.52. The Kier molecular flexibility index (Phi) is 4.98. The normalized spacial score (nSPS) is 34.1. The van der Waals surface area contributed by atoms with Gasteiger partial charge in [0.15, 0.2) is 0 Å². The Bertz CT molecular complexity index is 789. The Hall–Kier alpha value is -2.08. The molecule has 6 heteroatoms. The maximum atomic E-state index is 13.4. The van der Waals surface area contributed by atoms with E-state index in [1.807, 2.05) is 16.8 Å². The molecule has 0 aliphatic carbocycles. The number of fused-ring (bicyclic) bond motifs is 4. The van der Waals surface area contributed by atoms with Crippen LogP contribution >= 0.6 is 0 Å². The van der Waals surface area contributed by atoms with Crippen LogP contribution in [0.2, 0.25) is 0 Å². The highest BCUT2D eigenvalue weighted by Gasteiger charge is 2.42. The molecule has 2 unspecified atom stereocenters. The highest BCUT2D eigenvalue weighted by molar-refractivity contribution is 5.76. The SMILES string of the molecule is CN1CC(C2c3ccccc3CCN2C(=O)O[C@@H]2CN3CCC2CC3)CCC1=O. The van der Waals surface area contributed by atoms with Crippen LogP contribution in [0.25, 0.3) is 0 Å². The number of piperidine rings is 4. The van der Waals surface area contributed by atoms with Crippen molar-refractivity contribution in [2.24, 2.45) is 11.8 Å². The molecule has 1 aromatic carbocycles. The van der Waals surface area contributed by atoms with Gasteiger partial charge in [-0.2, -0.15) is 0 Å². The average Bonchev–Trinajstić information content (AvgIpc) is 2.76. The van der Waals surface area contributed by atoms with Gasteiger partial charge < -0.3 is 14.5 Å². The van der Waals surface area contributed by atoms with E-state index in [4.69, 9.17) is 4.74 Å². The van der Waals surface area contributed by atoms with Crippen LogP contribution in [-0.2, 0) is 16.0 Å². The summed E-state index contributed by atoms with van der Waals surface area (Å²) in [5, 5.41) is 0. The van der Waals surface area contributed by atoms with Crippen LogP contribution in [0.1, 0.15) is 42.9 Å². The quantitative estimate of drug-likeness (QED) is 0.770. The minimum absolute atomic E-state index is 0.0101. The smallest absolute Gasteiger partial charge is 0.410 e. The zero-order valence-corrected chi connectivity index (χ0v) is 17.3. The van der Waals surface area contributed by atoms with Crippen LogP contribution in [-0.4, -0.2) is 72.6 Å². The number of carbonyl (C=O) groups excluding carboxylic acids is 2. The van der Waals surface area contributed by atoms with E-state index in [2.05, 4.69) is 29.2 Å². The molecule has 6 rings (SSSR count). The van der Waals surface area contributed by atoms with Gasteiger partial charge in [-0.1, -0.05) is 24.3 Å². The second-order valence-corrected chi connectivity index (χ2v) is 9.22. The molecule has 5 heterocycles. The van der Waals surface area contributed by atoms with E-state index in [0.29, 0.717) is 25.4 Å². The first-order chi connectivity index (χ1) is 14.1. The summed E-state index contributed by atoms with van der Waals surface area (Å²) in [5.41, 5.74) is 2.56. The van der Waals surface area contributed by atoms with Gasteiger partial charge in [-0.25, -0.2) is 4.79 Å². The van der Waals surface area contributed by atoms with Gasteiger partial charge in [0, 0.05) is 39.0 Å². The van der Waals surface area contributed by atoms with Crippen LogP contribution in [0, 0.1) is 11.8 Å². The van der Waals surface area contributed by atoms with Crippen LogP contribution in [0.15, 0.2) is 24.3 Å². The van der Waals surface area contributed by atoms with Crippen molar-refractivity contribution >= 4 is 12.0 Å². The molecule has 4 saturated heterocycles. The molecule has 2 amide bonds. The minimum atomic E-state index is -0.164. The van der Waals surface area contributed by atoms with Crippen molar-refractivity contribution in [2.75, 3.05) is 39.8 Å². The van der Waals surface area contributed by atoms with E-state index < -0.39 is 0 Å². The lowest BCUT2D eigenvalue weighted by atomic mass is 9.81. The number of ether oxygens (including phenoxy) is 1. The number of rotatable bonds is 2. The summed E-state index contributed by atoms with van der Waals surface area (Å²) in [5.74, 6) is 0.961. The van der Waals surface area contributed by atoms with Gasteiger partial charge in [0.05, 0.1) is 6.04 Å². The molecule has 29 heavy (non-hydrogen) atoms. The predicted octanol–water partition coefficient (Wildman–Crippen LogP) is 2.69. The lowest BCUT2D eigenvalue weighted by molar-refractivity contribution is -0.134. The van der Waals surface area contributed by atoms with Gasteiger partial charge in [0.1, 0.15) is 6.10 Å². The number of likely N-dealkylation sites (tertiary alicyclic amines) is 1. The van der Waals surface area contributed by atoms with Crippen LogP contribution in [0.3, 0.4) is 0 Å². The number of hydrogen-bond donors (Lipinski definition) is 0. The molecule has 0 radical (unpaired) electrons. The number of amides is 2. The highest BCUT2D eigenvalue weighted by Crippen LogP contribution is 2.40. The molecular weight excluding hydrogens is 366 g/mol. The van der Waals surface area contributed by atoms with Crippen molar-refractivity contribution in [3.8, 4) is 0 Å². The Morgan fingerprint density at radius 3 is 2.52 bits per heavy atom. The summed E-state index contributed by atoms with van der Waals surface area (Å²) >= 11 is 0. The van der Waals surface area contributed by atoms with Crippen LogP contribution < -0.4 is 0 Å². The summed E-state index contributed by atoms with van der Waals surface area (Å²) in [6.07, 6.45) is 4.39. The van der Waals surface area contributed by atoms with E-state index in [-0.39, 0.29) is 30.1 Å². The number of hydrogen-bond acceptors (Lipinski definition) is 4. The summed E-state index contributed by atoms with van der Waals surface area (Å²) < 4.78 is 6.11. The number of benzene rings is 1. The van der Waals surface area contributed by atoms with E-state index in [9.17, 15) is 9.59 Å². The van der Waals surface area contributed by atoms with Gasteiger partial charge in [0.2, 0.25) is 5.91 Å². The fraction of sp³-hybridized carbons (Fsp3) is 0.652. The number of carbonyl (C=O) groups is 2. The fourth-order valence-electron chi connectivity index (χ4n) is 5.86. The van der Waals surface area contributed by atoms with Crippen molar-refractivity contribution in [3.05, 3.63) is 35.4 Å². The minimum Gasteiger partial charge on any atom is -0.444 e. The van der Waals surface area contributed by atoms with Gasteiger partial charge in [-0.15, -0.1) is 0 Å². The van der Waals surface area contributed by atoms with Crippen LogP contribution in [0.4, 0.5) is 4.79 Å². The molecule has 2 bridgehead atoms. The summed E-state index contributed by atoms with van der Waals surface area (Å²) in [6.45, 7) is 4.55. The number of nitrogens with zero attached hydrogens (tertiary/aromatic N) is 3.